The van der Waals surface area contributed by atoms with Gasteiger partial charge in [0.15, 0.2) is 0 Å². The van der Waals surface area contributed by atoms with Crippen molar-refractivity contribution in [1.29, 1.82) is 0 Å². The lowest BCUT2D eigenvalue weighted by Crippen LogP contribution is -2.30. The normalized spacial score (nSPS) is 15.2. The third kappa shape index (κ3) is 5.21. The number of benzene rings is 3. The monoisotopic (exact) mass is 537 g/mol. The summed E-state index contributed by atoms with van der Waals surface area (Å²) in [5.74, 6) is 0.672. The molecule has 1 aliphatic heterocycles. The summed E-state index contributed by atoms with van der Waals surface area (Å²) >= 11 is 6.98. The van der Waals surface area contributed by atoms with E-state index in [9.17, 15) is 4.79 Å². The lowest BCUT2D eigenvalue weighted by atomic mass is 10.0. The number of ether oxygens (including phenoxy) is 1. The summed E-state index contributed by atoms with van der Waals surface area (Å²) < 4.78 is 8.11. The molecule has 0 saturated carbocycles. The standard InChI is InChI=1S/C31H27N3O2S2/c1-4-17-36-26-15-16-27(21(2)18-26)29-24(20-33(32-29)25-13-9-6-10-14-25)19-28-30(35)34(31(37)38-28)22(3)23-11-7-5-8-12-23/h4-16,18-20,22H,1,17H2,2-3H3. The first kappa shape index (κ1) is 25.7. The number of carbonyl (C=O) groups is 1. The average Bonchev–Trinajstić information content (AvgIpc) is 3.48. The van der Waals surface area contributed by atoms with E-state index in [0.29, 0.717) is 15.8 Å². The highest BCUT2D eigenvalue weighted by atomic mass is 32.2. The molecule has 5 rings (SSSR count). The molecule has 4 aromatic rings. The number of hydrogen-bond donors (Lipinski definition) is 0. The Morgan fingerprint density at radius 1 is 1.08 bits per heavy atom. The number of nitrogens with zero attached hydrogens (tertiary/aromatic N) is 3. The fourth-order valence-corrected chi connectivity index (χ4v) is 5.81. The molecule has 0 N–H and O–H groups in total. The van der Waals surface area contributed by atoms with Crippen LogP contribution in [-0.2, 0) is 4.79 Å². The Balaban J connectivity index is 1.55. The molecule has 1 aromatic heterocycles. The van der Waals surface area contributed by atoms with E-state index < -0.39 is 0 Å². The van der Waals surface area contributed by atoms with E-state index >= 15 is 0 Å². The van der Waals surface area contributed by atoms with Crippen molar-refractivity contribution >= 4 is 40.3 Å². The van der Waals surface area contributed by atoms with E-state index in [4.69, 9.17) is 22.1 Å². The van der Waals surface area contributed by atoms with Crippen molar-refractivity contribution in [2.24, 2.45) is 0 Å². The average molecular weight is 538 g/mol. The molecular formula is C31H27N3O2S2. The van der Waals surface area contributed by atoms with Gasteiger partial charge < -0.3 is 4.74 Å². The molecule has 7 heteroatoms. The Morgan fingerprint density at radius 2 is 1.79 bits per heavy atom. The van der Waals surface area contributed by atoms with Crippen molar-refractivity contribution in [1.82, 2.24) is 14.7 Å². The Hall–Kier alpha value is -3.94. The van der Waals surface area contributed by atoms with Crippen LogP contribution in [0.25, 0.3) is 23.0 Å². The topological polar surface area (TPSA) is 47.4 Å². The van der Waals surface area contributed by atoms with Crippen LogP contribution >= 0.6 is 24.0 Å². The lowest BCUT2D eigenvalue weighted by Gasteiger charge is -2.23. The molecule has 5 nitrogen and oxygen atoms in total. The Labute approximate surface area is 232 Å². The van der Waals surface area contributed by atoms with Crippen LogP contribution < -0.4 is 4.74 Å². The number of aryl methyl sites for hydroxylation is 1. The summed E-state index contributed by atoms with van der Waals surface area (Å²) in [4.78, 5) is 15.8. The highest BCUT2D eigenvalue weighted by Crippen LogP contribution is 2.39. The van der Waals surface area contributed by atoms with Gasteiger partial charge in [0.2, 0.25) is 0 Å². The minimum absolute atomic E-state index is 0.0975. The van der Waals surface area contributed by atoms with Gasteiger partial charge in [0.1, 0.15) is 22.4 Å². The minimum atomic E-state index is -0.161. The second-order valence-electron chi connectivity index (χ2n) is 8.93. The van der Waals surface area contributed by atoms with E-state index in [0.717, 1.165) is 39.4 Å². The van der Waals surface area contributed by atoms with Crippen LogP contribution in [0.1, 0.15) is 29.7 Å². The number of para-hydroxylation sites is 1. The number of amides is 1. The van der Waals surface area contributed by atoms with Crippen LogP contribution in [-0.4, -0.2) is 31.5 Å². The molecule has 38 heavy (non-hydrogen) atoms. The summed E-state index contributed by atoms with van der Waals surface area (Å²) in [7, 11) is 0. The summed E-state index contributed by atoms with van der Waals surface area (Å²) in [5, 5.41) is 4.94. The first-order valence-electron chi connectivity index (χ1n) is 12.3. The van der Waals surface area contributed by atoms with E-state index in [1.165, 1.54) is 11.8 Å². The smallest absolute Gasteiger partial charge is 0.266 e. The summed E-state index contributed by atoms with van der Waals surface area (Å²) in [6, 6.07) is 25.6. The number of carbonyl (C=O) groups excluding carboxylic acids is 1. The zero-order chi connectivity index (χ0) is 26.6. The molecule has 190 valence electrons. The van der Waals surface area contributed by atoms with Gasteiger partial charge in [-0.2, -0.15) is 5.10 Å². The molecule has 1 atom stereocenters. The first-order chi connectivity index (χ1) is 18.5. The van der Waals surface area contributed by atoms with Gasteiger partial charge in [-0.3, -0.25) is 9.69 Å². The quantitative estimate of drug-likeness (QED) is 0.133. The molecule has 1 saturated heterocycles. The summed E-state index contributed by atoms with van der Waals surface area (Å²) in [5.41, 5.74) is 5.57. The van der Waals surface area contributed by atoms with E-state index in [1.54, 1.807) is 11.0 Å². The van der Waals surface area contributed by atoms with Crippen LogP contribution in [0.5, 0.6) is 5.75 Å². The van der Waals surface area contributed by atoms with Gasteiger partial charge in [-0.15, -0.1) is 0 Å². The number of thiocarbonyl (C=S) groups is 1. The van der Waals surface area contributed by atoms with Gasteiger partial charge in [-0.05, 0) is 61.4 Å². The molecule has 1 unspecified atom stereocenters. The highest BCUT2D eigenvalue weighted by molar-refractivity contribution is 8.26. The predicted octanol–water partition coefficient (Wildman–Crippen LogP) is 7.37. The van der Waals surface area contributed by atoms with Crippen LogP contribution in [0, 0.1) is 6.92 Å². The van der Waals surface area contributed by atoms with Crippen LogP contribution in [0.4, 0.5) is 0 Å². The second-order valence-corrected chi connectivity index (χ2v) is 10.6. The van der Waals surface area contributed by atoms with Gasteiger partial charge in [-0.1, -0.05) is 85.2 Å². The first-order valence-corrected chi connectivity index (χ1v) is 13.5. The van der Waals surface area contributed by atoms with E-state index in [1.807, 2.05) is 110 Å². The molecule has 1 aliphatic rings. The molecular weight excluding hydrogens is 510 g/mol. The number of aromatic nitrogens is 2. The van der Waals surface area contributed by atoms with Gasteiger partial charge in [0.25, 0.3) is 5.91 Å². The SMILES string of the molecule is C=CCOc1ccc(-c2nn(-c3ccccc3)cc2C=C2SC(=S)N(C(C)c3ccccc3)C2=O)c(C)c1. The summed E-state index contributed by atoms with van der Waals surface area (Å²) in [6.07, 6.45) is 5.58. The van der Waals surface area contributed by atoms with Crippen LogP contribution in [0.3, 0.4) is 0 Å². The van der Waals surface area contributed by atoms with Gasteiger partial charge in [0.05, 0.1) is 16.6 Å². The molecule has 1 amide bonds. The number of rotatable bonds is 8. The maximum Gasteiger partial charge on any atom is 0.266 e. The van der Waals surface area contributed by atoms with Crippen molar-refractivity contribution in [3.8, 4) is 22.7 Å². The Morgan fingerprint density at radius 3 is 2.47 bits per heavy atom. The lowest BCUT2D eigenvalue weighted by molar-refractivity contribution is -0.123. The molecule has 3 aromatic carbocycles. The van der Waals surface area contributed by atoms with Gasteiger partial charge in [-0.25, -0.2) is 4.68 Å². The maximum atomic E-state index is 13.6. The fraction of sp³-hybridized carbons (Fsp3) is 0.129. The zero-order valence-corrected chi connectivity index (χ0v) is 22.8. The fourth-order valence-electron chi connectivity index (χ4n) is 4.40. The molecule has 1 fully saturated rings. The van der Waals surface area contributed by atoms with Crippen molar-refractivity contribution in [2.75, 3.05) is 6.61 Å². The number of hydrogen-bond acceptors (Lipinski definition) is 5. The van der Waals surface area contributed by atoms with Crippen molar-refractivity contribution in [3.05, 3.63) is 119 Å². The molecule has 0 aliphatic carbocycles. The van der Waals surface area contributed by atoms with Crippen LogP contribution in [0.2, 0.25) is 0 Å². The number of thioether (sulfide) groups is 1. The van der Waals surface area contributed by atoms with Crippen molar-refractivity contribution in [3.63, 3.8) is 0 Å². The van der Waals surface area contributed by atoms with Gasteiger partial charge >= 0.3 is 0 Å². The molecule has 0 bridgehead atoms. The highest BCUT2D eigenvalue weighted by Gasteiger charge is 2.36. The van der Waals surface area contributed by atoms with Crippen molar-refractivity contribution in [2.45, 2.75) is 19.9 Å². The minimum Gasteiger partial charge on any atom is -0.490 e. The van der Waals surface area contributed by atoms with Gasteiger partial charge in [0, 0.05) is 17.3 Å². The maximum absolute atomic E-state index is 13.6. The van der Waals surface area contributed by atoms with E-state index in [-0.39, 0.29) is 11.9 Å². The second kappa shape index (κ2) is 11.2. The molecule has 0 spiro atoms. The van der Waals surface area contributed by atoms with Crippen LogP contribution in [0.15, 0.2) is 103 Å². The molecule has 0 radical (unpaired) electrons. The Kier molecular flexibility index (Phi) is 7.58. The predicted molar refractivity (Wildman–Crippen MR) is 159 cm³/mol. The Bertz CT molecular complexity index is 1530. The largest absolute Gasteiger partial charge is 0.490 e. The zero-order valence-electron chi connectivity index (χ0n) is 21.2. The third-order valence-corrected chi connectivity index (χ3v) is 7.69. The van der Waals surface area contributed by atoms with Crippen molar-refractivity contribution < 1.29 is 9.53 Å². The molecule has 2 heterocycles. The van der Waals surface area contributed by atoms with E-state index in [2.05, 4.69) is 6.58 Å². The summed E-state index contributed by atoms with van der Waals surface area (Å²) in [6.45, 7) is 8.19. The third-order valence-electron chi connectivity index (χ3n) is 6.36.